The Balaban J connectivity index is 2.97. The lowest BCUT2D eigenvalue weighted by Gasteiger charge is -2.20. The Morgan fingerprint density at radius 3 is 2.48 bits per heavy atom. The van der Waals surface area contributed by atoms with Crippen LogP contribution in [0.3, 0.4) is 0 Å². The molecule has 1 heterocycles. The summed E-state index contributed by atoms with van der Waals surface area (Å²) < 4.78 is 27.9. The SMILES string of the molecule is CCCNCc1c(S(=O)(=O)NC(CC)C(C)C)n[nH]c1C. The summed E-state index contributed by atoms with van der Waals surface area (Å²) >= 11 is 0. The molecule has 0 fully saturated rings. The Labute approximate surface area is 128 Å². The normalized spacial score (nSPS) is 13.8. The Kier molecular flexibility index (Phi) is 6.83. The third-order valence-corrected chi connectivity index (χ3v) is 5.03. The molecular formula is C14H28N4O2S. The summed E-state index contributed by atoms with van der Waals surface area (Å²) in [7, 11) is -3.60. The number of rotatable bonds is 9. The molecule has 0 amide bonds. The van der Waals surface area contributed by atoms with E-state index < -0.39 is 10.0 Å². The number of hydrogen-bond acceptors (Lipinski definition) is 4. The van der Waals surface area contributed by atoms with Crippen molar-refractivity contribution in [2.24, 2.45) is 5.92 Å². The molecule has 0 radical (unpaired) electrons. The van der Waals surface area contributed by atoms with Gasteiger partial charge in [-0.05, 0) is 32.2 Å². The fraction of sp³-hybridized carbons (Fsp3) is 0.786. The van der Waals surface area contributed by atoms with E-state index in [2.05, 4.69) is 27.2 Å². The maximum absolute atomic E-state index is 12.6. The van der Waals surface area contributed by atoms with Gasteiger partial charge in [-0.3, -0.25) is 5.10 Å². The molecular weight excluding hydrogens is 288 g/mol. The second kappa shape index (κ2) is 7.91. The van der Waals surface area contributed by atoms with E-state index in [9.17, 15) is 8.42 Å². The average molecular weight is 316 g/mol. The summed E-state index contributed by atoms with van der Waals surface area (Å²) in [4.78, 5) is 0. The molecule has 3 N–H and O–H groups in total. The number of nitrogens with one attached hydrogen (secondary N) is 3. The van der Waals surface area contributed by atoms with Gasteiger partial charge in [-0.15, -0.1) is 0 Å². The van der Waals surface area contributed by atoms with E-state index in [-0.39, 0.29) is 17.0 Å². The van der Waals surface area contributed by atoms with Crippen LogP contribution in [-0.2, 0) is 16.6 Å². The van der Waals surface area contributed by atoms with Crippen molar-refractivity contribution in [2.45, 2.75) is 65.1 Å². The molecule has 6 nitrogen and oxygen atoms in total. The van der Waals surface area contributed by atoms with E-state index in [1.807, 2.05) is 27.7 Å². The Bertz CT molecular complexity index is 537. The van der Waals surface area contributed by atoms with Gasteiger partial charge in [0, 0.05) is 23.8 Å². The highest BCUT2D eigenvalue weighted by Gasteiger charge is 2.27. The molecule has 0 aliphatic heterocycles. The molecule has 1 rings (SSSR count). The van der Waals surface area contributed by atoms with Crippen LogP contribution in [0.15, 0.2) is 5.03 Å². The van der Waals surface area contributed by atoms with Gasteiger partial charge in [0.2, 0.25) is 0 Å². The third-order valence-electron chi connectivity index (χ3n) is 3.57. The number of aromatic nitrogens is 2. The van der Waals surface area contributed by atoms with Gasteiger partial charge in [0.15, 0.2) is 5.03 Å². The predicted octanol–water partition coefficient (Wildman–Crippen LogP) is 1.93. The van der Waals surface area contributed by atoms with Crippen molar-refractivity contribution < 1.29 is 8.42 Å². The van der Waals surface area contributed by atoms with Gasteiger partial charge in [-0.2, -0.15) is 5.10 Å². The first-order valence-corrected chi connectivity index (χ1v) is 9.08. The van der Waals surface area contributed by atoms with Crippen molar-refractivity contribution in [3.05, 3.63) is 11.3 Å². The average Bonchev–Trinajstić information content (AvgIpc) is 2.78. The van der Waals surface area contributed by atoms with Crippen LogP contribution in [0.5, 0.6) is 0 Å². The summed E-state index contributed by atoms with van der Waals surface area (Å²) in [6.07, 6.45) is 1.76. The molecule has 0 saturated heterocycles. The van der Waals surface area contributed by atoms with E-state index >= 15 is 0 Å². The summed E-state index contributed by atoms with van der Waals surface area (Å²) in [5.41, 5.74) is 1.51. The fourth-order valence-corrected chi connectivity index (χ4v) is 3.86. The van der Waals surface area contributed by atoms with E-state index in [1.54, 1.807) is 0 Å². The molecule has 122 valence electrons. The minimum atomic E-state index is -3.60. The quantitative estimate of drug-likeness (QED) is 0.608. The monoisotopic (exact) mass is 316 g/mol. The molecule has 0 spiro atoms. The van der Waals surface area contributed by atoms with Crippen LogP contribution in [0.4, 0.5) is 0 Å². The first-order chi connectivity index (χ1) is 9.83. The standard InChI is InChI=1S/C14H28N4O2S/c1-6-8-15-9-12-11(5)16-17-14(12)21(19,20)18-13(7-2)10(3)4/h10,13,15,18H,6-9H2,1-5H3,(H,16,17). The summed E-state index contributed by atoms with van der Waals surface area (Å²) in [5.74, 6) is 0.242. The van der Waals surface area contributed by atoms with Crippen LogP contribution in [0.25, 0.3) is 0 Å². The van der Waals surface area contributed by atoms with Crippen LogP contribution < -0.4 is 10.0 Å². The van der Waals surface area contributed by atoms with E-state index in [4.69, 9.17) is 0 Å². The van der Waals surface area contributed by atoms with Gasteiger partial charge >= 0.3 is 0 Å². The van der Waals surface area contributed by atoms with Gasteiger partial charge < -0.3 is 5.32 Å². The van der Waals surface area contributed by atoms with Gasteiger partial charge in [0.1, 0.15) is 0 Å². The van der Waals surface area contributed by atoms with Crippen LogP contribution in [0, 0.1) is 12.8 Å². The van der Waals surface area contributed by atoms with Gasteiger partial charge in [0.05, 0.1) is 0 Å². The lowest BCUT2D eigenvalue weighted by atomic mass is 10.0. The van der Waals surface area contributed by atoms with E-state index in [0.29, 0.717) is 6.54 Å². The summed E-state index contributed by atoms with van der Waals surface area (Å²) in [6.45, 7) is 11.3. The van der Waals surface area contributed by atoms with Crippen LogP contribution in [-0.4, -0.2) is 31.2 Å². The second-order valence-electron chi connectivity index (χ2n) is 5.69. The minimum absolute atomic E-state index is 0.0801. The second-order valence-corrected chi connectivity index (χ2v) is 7.32. The number of nitrogens with zero attached hydrogens (tertiary/aromatic N) is 1. The molecule has 0 aliphatic carbocycles. The lowest BCUT2D eigenvalue weighted by molar-refractivity contribution is 0.436. The third kappa shape index (κ3) is 4.79. The first kappa shape index (κ1) is 18.1. The Morgan fingerprint density at radius 1 is 1.29 bits per heavy atom. The highest BCUT2D eigenvalue weighted by Crippen LogP contribution is 2.18. The molecule has 1 aromatic rings. The summed E-state index contributed by atoms with van der Waals surface area (Å²) in [6, 6.07) is -0.0801. The minimum Gasteiger partial charge on any atom is -0.313 e. The molecule has 0 bridgehead atoms. The van der Waals surface area contributed by atoms with Crippen molar-refractivity contribution in [2.75, 3.05) is 6.54 Å². The van der Waals surface area contributed by atoms with Crippen molar-refractivity contribution in [3.8, 4) is 0 Å². The zero-order valence-corrected chi connectivity index (χ0v) is 14.5. The van der Waals surface area contributed by atoms with Crippen molar-refractivity contribution in [1.82, 2.24) is 20.2 Å². The largest absolute Gasteiger partial charge is 0.313 e. The molecule has 1 aromatic heterocycles. The zero-order chi connectivity index (χ0) is 16.0. The van der Waals surface area contributed by atoms with Crippen LogP contribution in [0.2, 0.25) is 0 Å². The maximum atomic E-state index is 12.6. The number of aryl methyl sites for hydroxylation is 1. The highest BCUT2D eigenvalue weighted by molar-refractivity contribution is 7.89. The molecule has 0 aliphatic rings. The van der Waals surface area contributed by atoms with E-state index in [1.165, 1.54) is 0 Å². The molecule has 1 atom stereocenters. The number of hydrogen-bond donors (Lipinski definition) is 3. The molecule has 7 heteroatoms. The zero-order valence-electron chi connectivity index (χ0n) is 13.7. The predicted molar refractivity (Wildman–Crippen MR) is 84.6 cm³/mol. The Morgan fingerprint density at radius 2 is 1.95 bits per heavy atom. The Hall–Kier alpha value is -0.920. The van der Waals surface area contributed by atoms with Crippen molar-refractivity contribution in [1.29, 1.82) is 0 Å². The van der Waals surface area contributed by atoms with Crippen molar-refractivity contribution in [3.63, 3.8) is 0 Å². The topological polar surface area (TPSA) is 86.9 Å². The van der Waals surface area contributed by atoms with Gasteiger partial charge in [-0.25, -0.2) is 13.1 Å². The van der Waals surface area contributed by atoms with Crippen LogP contribution in [0.1, 0.15) is 51.8 Å². The van der Waals surface area contributed by atoms with Crippen LogP contribution >= 0.6 is 0 Å². The number of H-pyrrole nitrogens is 1. The molecule has 0 aromatic carbocycles. The van der Waals surface area contributed by atoms with Gasteiger partial charge in [-0.1, -0.05) is 27.7 Å². The molecule has 1 unspecified atom stereocenters. The fourth-order valence-electron chi connectivity index (χ4n) is 2.20. The number of aromatic amines is 1. The number of sulfonamides is 1. The smallest absolute Gasteiger partial charge is 0.260 e. The lowest BCUT2D eigenvalue weighted by Crippen LogP contribution is -2.38. The van der Waals surface area contributed by atoms with Gasteiger partial charge in [0.25, 0.3) is 10.0 Å². The van der Waals surface area contributed by atoms with E-state index in [0.717, 1.165) is 30.6 Å². The first-order valence-electron chi connectivity index (χ1n) is 7.60. The highest BCUT2D eigenvalue weighted by atomic mass is 32.2. The van der Waals surface area contributed by atoms with Crippen molar-refractivity contribution >= 4 is 10.0 Å². The molecule has 0 saturated carbocycles. The maximum Gasteiger partial charge on any atom is 0.260 e. The molecule has 21 heavy (non-hydrogen) atoms. The summed E-state index contributed by atoms with van der Waals surface area (Å²) in [5, 5.41) is 10.1.